The molecule has 0 saturated carbocycles. The molecule has 0 amide bonds. The second-order valence-electron chi connectivity index (χ2n) is 11.5. The number of allylic oxidation sites excluding steroid dienone is 2. The number of halogens is 2. The number of rotatable bonds is 3. The topological polar surface area (TPSA) is 0 Å². The first-order valence-corrected chi connectivity index (χ1v) is 24.6. The molecule has 6 heteroatoms. The summed E-state index contributed by atoms with van der Waals surface area (Å²) in [4.78, 5) is 3.64. The summed E-state index contributed by atoms with van der Waals surface area (Å²) >= 11 is 8.76. The molecule has 0 nitrogen and oxygen atoms in total. The summed E-state index contributed by atoms with van der Waals surface area (Å²) in [5.74, 6) is 0. The Bertz CT molecular complexity index is 532. The van der Waals surface area contributed by atoms with Gasteiger partial charge < -0.3 is 0 Å². The molecule has 0 unspecified atom stereocenters. The van der Waals surface area contributed by atoms with Gasteiger partial charge in [-0.05, 0) is 5.04 Å². The standard InChI is InChI=1S/C18H38Br2Si4/c1-17(2,3)24(20)15(21(4,5)6)13-18(19,23(10,11)12)14-16(24)22(7,8)9/h13-14H,1-12H3. The second kappa shape index (κ2) is 6.43. The lowest BCUT2D eigenvalue weighted by Gasteiger charge is -2.54. The molecule has 0 radical (unpaired) electrons. The highest BCUT2D eigenvalue weighted by Gasteiger charge is 2.58. The molecule has 0 saturated heterocycles. The maximum atomic E-state index is 4.51. The Balaban J connectivity index is 3.95. The molecule has 24 heavy (non-hydrogen) atoms. The summed E-state index contributed by atoms with van der Waals surface area (Å²) < 4.78 is 0.0980. The zero-order valence-corrected chi connectivity index (χ0v) is 25.1. The van der Waals surface area contributed by atoms with Crippen LogP contribution in [-0.4, -0.2) is 34.9 Å². The monoisotopic (exact) mass is 524 g/mol. The van der Waals surface area contributed by atoms with Crippen molar-refractivity contribution in [3.8, 4) is 0 Å². The normalized spacial score (nSPS) is 30.1. The number of hydrogen-bond acceptors (Lipinski definition) is 0. The van der Waals surface area contributed by atoms with Crippen LogP contribution in [-0.2, 0) is 0 Å². The first kappa shape index (κ1) is 23.3. The van der Waals surface area contributed by atoms with Crippen molar-refractivity contribution in [3.05, 3.63) is 21.8 Å². The third-order valence-corrected chi connectivity index (χ3v) is 34.3. The molecule has 0 aromatic heterocycles. The van der Waals surface area contributed by atoms with E-state index in [1.165, 1.54) is 0 Å². The summed E-state index contributed by atoms with van der Waals surface area (Å²) in [5.41, 5.74) is 0. The molecule has 1 aliphatic heterocycles. The maximum absolute atomic E-state index is 4.51. The van der Waals surface area contributed by atoms with Gasteiger partial charge >= 0.3 is 0 Å². The van der Waals surface area contributed by atoms with Crippen LogP contribution < -0.4 is 0 Å². The quantitative estimate of drug-likeness (QED) is 0.200. The van der Waals surface area contributed by atoms with Crippen LogP contribution in [0.5, 0.6) is 0 Å². The molecule has 0 N–H and O–H groups in total. The highest BCUT2D eigenvalue weighted by atomic mass is 79.9. The summed E-state index contributed by atoms with van der Waals surface area (Å²) in [5, 5.41) is 0.291. The van der Waals surface area contributed by atoms with Gasteiger partial charge in [-0.2, -0.15) is 0 Å². The highest BCUT2D eigenvalue weighted by molar-refractivity contribution is 9.26. The first-order chi connectivity index (χ1) is 10.2. The minimum atomic E-state index is -1.89. The fourth-order valence-corrected chi connectivity index (χ4v) is 33.7. The summed E-state index contributed by atoms with van der Waals surface area (Å²) in [7, 11) is -4.31. The highest BCUT2D eigenvalue weighted by Crippen LogP contribution is 2.58. The van der Waals surface area contributed by atoms with Gasteiger partial charge in [0.25, 0.3) is 0 Å². The number of hydrogen-bond donors (Lipinski definition) is 0. The van der Waals surface area contributed by atoms with Crippen LogP contribution in [0.2, 0.25) is 64.0 Å². The van der Waals surface area contributed by atoms with Gasteiger partial charge in [0, 0.05) is 0 Å². The van der Waals surface area contributed by atoms with Crippen molar-refractivity contribution in [2.24, 2.45) is 0 Å². The van der Waals surface area contributed by atoms with Crippen LogP contribution in [0.4, 0.5) is 0 Å². The average molecular weight is 527 g/mol. The van der Waals surface area contributed by atoms with Gasteiger partial charge in [0.1, 0.15) is 0 Å². The molecule has 0 bridgehead atoms. The second-order valence-corrected chi connectivity index (χ2v) is 37.5. The lowest BCUT2D eigenvalue weighted by Crippen LogP contribution is -2.61. The molecule has 0 atom stereocenters. The van der Waals surface area contributed by atoms with E-state index in [9.17, 15) is 0 Å². The molecule has 1 rings (SSSR count). The molecule has 1 heterocycles. The number of alkyl halides is 1. The van der Waals surface area contributed by atoms with Crippen molar-refractivity contribution in [2.75, 3.05) is 0 Å². The van der Waals surface area contributed by atoms with E-state index in [-0.39, 0.29) is 3.95 Å². The van der Waals surface area contributed by atoms with Crippen LogP contribution in [0.15, 0.2) is 21.8 Å². The summed E-state index contributed by atoms with van der Waals surface area (Å²) in [6.07, 6.45) is 5.39. The van der Waals surface area contributed by atoms with E-state index in [4.69, 9.17) is 0 Å². The van der Waals surface area contributed by atoms with Crippen molar-refractivity contribution in [1.29, 1.82) is 0 Å². The Labute approximate surface area is 171 Å². The third-order valence-electron chi connectivity index (χ3n) is 5.25. The smallest absolute Gasteiger partial charge is 0.115 e. The summed E-state index contributed by atoms with van der Waals surface area (Å²) in [6.45, 7) is 28.2. The van der Waals surface area contributed by atoms with E-state index < -0.39 is 30.9 Å². The van der Waals surface area contributed by atoms with E-state index in [1.807, 2.05) is 9.64 Å². The SMILES string of the molecule is CC(C)(C)[Si]1(Br)C([Si](C)(C)C)=CC(Br)([Si](C)(C)C)C=C1[Si](C)(C)C. The Morgan fingerprint density at radius 1 is 0.792 bits per heavy atom. The summed E-state index contributed by atoms with van der Waals surface area (Å²) in [6, 6.07) is 0. The Morgan fingerprint density at radius 2 is 1.08 bits per heavy atom. The average Bonchev–Trinajstić information content (AvgIpc) is 2.26. The van der Waals surface area contributed by atoms with E-state index >= 15 is 0 Å². The van der Waals surface area contributed by atoms with Crippen LogP contribution in [0.25, 0.3) is 0 Å². The van der Waals surface area contributed by atoms with E-state index in [1.54, 1.807) is 0 Å². The van der Waals surface area contributed by atoms with Crippen molar-refractivity contribution in [2.45, 2.75) is 88.7 Å². The van der Waals surface area contributed by atoms with Gasteiger partial charge in [0.2, 0.25) is 0 Å². The lowest BCUT2D eigenvalue weighted by molar-refractivity contribution is 0.741. The Hall–Kier alpha value is 1.31. The van der Waals surface area contributed by atoms with E-state index in [0.29, 0.717) is 5.04 Å². The van der Waals surface area contributed by atoms with Gasteiger partial charge in [-0.1, -0.05) is 117 Å². The largest absolute Gasteiger partial charge is 0.180 e. The minimum Gasteiger partial charge on any atom is -0.115 e. The fourth-order valence-electron chi connectivity index (χ4n) is 3.51. The van der Waals surface area contributed by atoms with Crippen molar-refractivity contribution in [1.82, 2.24) is 0 Å². The zero-order chi connectivity index (χ0) is 19.6. The van der Waals surface area contributed by atoms with Crippen molar-refractivity contribution < 1.29 is 0 Å². The minimum absolute atomic E-state index is 0.0980. The maximum Gasteiger partial charge on any atom is 0.180 e. The van der Waals surface area contributed by atoms with Crippen LogP contribution in [0.1, 0.15) is 20.8 Å². The van der Waals surface area contributed by atoms with Gasteiger partial charge in [0.15, 0.2) is 6.69 Å². The third kappa shape index (κ3) is 4.08. The molecule has 1 aliphatic rings. The predicted octanol–water partition coefficient (Wildman–Crippen LogP) is 7.84. The molecule has 140 valence electrons. The van der Waals surface area contributed by atoms with Gasteiger partial charge in [-0.3, -0.25) is 0 Å². The molecule has 0 aliphatic carbocycles. The first-order valence-electron chi connectivity index (χ1n) is 9.03. The molecular formula is C18H38Br2Si4. The van der Waals surface area contributed by atoms with Crippen LogP contribution in [0, 0.1) is 0 Å². The van der Waals surface area contributed by atoms with Crippen LogP contribution in [0.3, 0.4) is 0 Å². The van der Waals surface area contributed by atoms with Gasteiger partial charge in [0.05, 0.1) is 28.2 Å². The molecule has 0 spiro atoms. The van der Waals surface area contributed by atoms with Crippen molar-refractivity contribution >= 4 is 62.1 Å². The molecule has 0 aromatic rings. The Kier molecular flexibility index (Phi) is 6.26. The fraction of sp³-hybridized carbons (Fsp3) is 0.778. The predicted molar refractivity (Wildman–Crippen MR) is 132 cm³/mol. The molecule has 0 fully saturated rings. The van der Waals surface area contributed by atoms with E-state index in [2.05, 4.69) is 123 Å². The molecule has 0 aromatic carbocycles. The van der Waals surface area contributed by atoms with Gasteiger partial charge in [-0.25, -0.2) is 0 Å². The zero-order valence-electron chi connectivity index (χ0n) is 17.9. The molecular weight excluding hydrogens is 488 g/mol. The van der Waals surface area contributed by atoms with Crippen LogP contribution >= 0.6 is 31.2 Å². The van der Waals surface area contributed by atoms with Gasteiger partial charge in [-0.15, -0.1) is 15.3 Å². The lowest BCUT2D eigenvalue weighted by atomic mass is 10.2. The van der Waals surface area contributed by atoms with Crippen molar-refractivity contribution in [3.63, 3.8) is 0 Å². The van der Waals surface area contributed by atoms with E-state index in [0.717, 1.165) is 0 Å². The Morgan fingerprint density at radius 3 is 1.25 bits per heavy atom.